The minimum Gasteiger partial charge on any atom is -0.461 e. The summed E-state index contributed by atoms with van der Waals surface area (Å²) in [6.07, 6.45) is 17.6. The molecule has 0 amide bonds. The van der Waals surface area contributed by atoms with E-state index in [9.17, 15) is 8.78 Å². The molecule has 8 nitrogen and oxygen atoms in total. The molecule has 5 fully saturated rings. The van der Waals surface area contributed by atoms with Gasteiger partial charge in [0, 0.05) is 54.0 Å². The third kappa shape index (κ3) is 4.94. The third-order valence-corrected chi connectivity index (χ3v) is 12.2. The monoisotopic (exact) mass is 679 g/mol. The van der Waals surface area contributed by atoms with E-state index in [0.29, 0.717) is 58.9 Å². The molecule has 0 unspecified atom stereocenters. The second-order valence-corrected chi connectivity index (χ2v) is 15.1. The van der Waals surface area contributed by atoms with Crippen LogP contribution in [0.3, 0.4) is 0 Å². The Morgan fingerprint density at radius 1 is 1.12 bits per heavy atom. The number of rotatable bonds is 6. The SMILES string of the molecule is C#Cc1c(F)ccc2cc(N)cc(-c3ncc4c(N5C[C@@H]6CC[C@](C7CCCC7)(C5)N6)nc(OC[C@@]56CCCN5C/C(=C\F)C6)nc4c3F)c12. The van der Waals surface area contributed by atoms with Crippen LogP contribution in [0.15, 0.2) is 42.4 Å². The van der Waals surface area contributed by atoms with Gasteiger partial charge in [-0.2, -0.15) is 9.97 Å². The molecule has 4 saturated heterocycles. The van der Waals surface area contributed by atoms with Gasteiger partial charge in [0.15, 0.2) is 5.82 Å². The third-order valence-electron chi connectivity index (χ3n) is 12.2. The number of fused-ring (bicyclic) bond motifs is 5. The maximum atomic E-state index is 17.1. The Kier molecular flexibility index (Phi) is 7.48. The van der Waals surface area contributed by atoms with Crippen LogP contribution in [0, 0.1) is 29.9 Å². The normalized spacial score (nSPS) is 27.5. The van der Waals surface area contributed by atoms with E-state index in [1.54, 1.807) is 24.4 Å². The number of anilines is 2. The van der Waals surface area contributed by atoms with E-state index in [1.165, 1.54) is 31.7 Å². The van der Waals surface area contributed by atoms with Gasteiger partial charge in [-0.05, 0) is 86.6 Å². The zero-order valence-corrected chi connectivity index (χ0v) is 28.0. The predicted molar refractivity (Wildman–Crippen MR) is 188 cm³/mol. The predicted octanol–water partition coefficient (Wildman–Crippen LogP) is 6.66. The second-order valence-electron chi connectivity index (χ2n) is 15.1. The van der Waals surface area contributed by atoms with Crippen molar-refractivity contribution in [2.45, 2.75) is 74.9 Å². The summed E-state index contributed by atoms with van der Waals surface area (Å²) < 4.78 is 52.2. The maximum absolute atomic E-state index is 17.1. The van der Waals surface area contributed by atoms with Gasteiger partial charge < -0.3 is 20.7 Å². The van der Waals surface area contributed by atoms with Gasteiger partial charge >= 0.3 is 6.01 Å². The van der Waals surface area contributed by atoms with Crippen molar-refractivity contribution in [3.63, 3.8) is 0 Å². The number of nitrogens with one attached hydrogen (secondary N) is 1. The van der Waals surface area contributed by atoms with Crippen LogP contribution in [-0.2, 0) is 0 Å². The fourth-order valence-corrected chi connectivity index (χ4v) is 9.96. The number of terminal acetylenes is 1. The number of nitrogen functional groups attached to an aromatic ring is 1. The van der Waals surface area contributed by atoms with Crippen molar-refractivity contribution in [1.82, 2.24) is 25.2 Å². The van der Waals surface area contributed by atoms with E-state index >= 15 is 4.39 Å². The number of ether oxygens (including phenoxy) is 1. The lowest BCUT2D eigenvalue weighted by molar-refractivity contribution is 0.108. The number of aromatic nitrogens is 3. The number of nitrogens with zero attached hydrogens (tertiary/aromatic N) is 5. The Morgan fingerprint density at radius 3 is 2.80 bits per heavy atom. The first-order valence-electron chi connectivity index (χ1n) is 17.8. The van der Waals surface area contributed by atoms with E-state index in [0.717, 1.165) is 50.9 Å². The van der Waals surface area contributed by atoms with Gasteiger partial charge in [-0.1, -0.05) is 24.8 Å². The first kappa shape index (κ1) is 31.6. The van der Waals surface area contributed by atoms with E-state index in [1.807, 2.05) is 0 Å². The highest BCUT2D eigenvalue weighted by Gasteiger charge is 2.51. The molecular formula is C39H40F3N7O. The lowest BCUT2D eigenvalue weighted by Gasteiger charge is -2.45. The molecule has 50 heavy (non-hydrogen) atoms. The summed E-state index contributed by atoms with van der Waals surface area (Å²) in [5, 5.41) is 5.39. The van der Waals surface area contributed by atoms with E-state index in [4.69, 9.17) is 26.9 Å². The quantitative estimate of drug-likeness (QED) is 0.173. The molecule has 2 aromatic carbocycles. The molecule has 6 heterocycles. The number of hydrogen-bond acceptors (Lipinski definition) is 8. The molecule has 2 aromatic heterocycles. The van der Waals surface area contributed by atoms with Crippen LogP contribution < -0.4 is 20.7 Å². The van der Waals surface area contributed by atoms with Crippen molar-refractivity contribution < 1.29 is 17.9 Å². The van der Waals surface area contributed by atoms with E-state index < -0.39 is 11.6 Å². The molecule has 2 bridgehead atoms. The molecule has 4 aromatic rings. The van der Waals surface area contributed by atoms with Gasteiger partial charge in [-0.3, -0.25) is 9.88 Å². The Bertz CT molecular complexity index is 2110. The zero-order chi connectivity index (χ0) is 34.2. The lowest BCUT2D eigenvalue weighted by Crippen LogP contribution is -2.62. The van der Waals surface area contributed by atoms with Crippen LogP contribution in [-0.4, -0.2) is 69.8 Å². The highest BCUT2D eigenvalue weighted by Crippen LogP contribution is 2.46. The Balaban J connectivity index is 1.18. The first-order valence-corrected chi connectivity index (χ1v) is 17.8. The van der Waals surface area contributed by atoms with Gasteiger partial charge in [0.25, 0.3) is 0 Å². The van der Waals surface area contributed by atoms with E-state index in [-0.39, 0.29) is 46.0 Å². The molecule has 11 heteroatoms. The number of halogens is 3. The molecule has 5 aliphatic rings. The summed E-state index contributed by atoms with van der Waals surface area (Å²) in [7, 11) is 0. The second kappa shape index (κ2) is 11.8. The van der Waals surface area contributed by atoms with Gasteiger partial charge in [-0.15, -0.1) is 6.42 Å². The van der Waals surface area contributed by atoms with Crippen molar-refractivity contribution in [3.05, 3.63) is 59.6 Å². The average molecular weight is 680 g/mol. The zero-order valence-electron chi connectivity index (χ0n) is 28.0. The molecule has 9 rings (SSSR count). The molecule has 3 atom stereocenters. The minimum atomic E-state index is -0.692. The molecule has 1 saturated carbocycles. The van der Waals surface area contributed by atoms with Gasteiger partial charge in [-0.25, -0.2) is 13.2 Å². The van der Waals surface area contributed by atoms with Crippen molar-refractivity contribution in [1.29, 1.82) is 0 Å². The molecule has 0 spiro atoms. The van der Waals surface area contributed by atoms with Crippen LogP contribution in [0.2, 0.25) is 0 Å². The highest BCUT2D eigenvalue weighted by molar-refractivity contribution is 6.03. The first-order chi connectivity index (χ1) is 24.3. The fourth-order valence-electron chi connectivity index (χ4n) is 9.96. The van der Waals surface area contributed by atoms with Gasteiger partial charge in [0.1, 0.15) is 29.5 Å². The van der Waals surface area contributed by atoms with Crippen LogP contribution in [0.1, 0.15) is 63.4 Å². The van der Waals surface area contributed by atoms with Crippen molar-refractivity contribution in [2.75, 3.05) is 43.4 Å². The largest absolute Gasteiger partial charge is 0.461 e. The molecular weight excluding hydrogens is 639 g/mol. The van der Waals surface area contributed by atoms with Crippen molar-refractivity contribution in [3.8, 4) is 29.6 Å². The fraction of sp³-hybridized carbons (Fsp3) is 0.462. The van der Waals surface area contributed by atoms with Crippen molar-refractivity contribution in [2.24, 2.45) is 5.92 Å². The van der Waals surface area contributed by atoms with Gasteiger partial charge in [0.2, 0.25) is 0 Å². The standard InChI is InChI=1S/C39H40F3N7O/c1-2-28-31(41)9-8-24-14-26(43)15-29(32(24)28)34-33(42)35-30(18-44-34)36(48-20-27-10-12-39(21-48,47-27)25-6-3-4-7-25)46-37(45-35)50-22-38-11-5-13-49(38)19-23(16-38)17-40/h1,8-9,14-15,17-18,25,27,47H,3-7,10-13,16,19-22,43H2/b23-17-/t27-,38-,39+/m0/s1. The smallest absolute Gasteiger partial charge is 0.319 e. The number of hydrogen-bond donors (Lipinski definition) is 2. The molecule has 0 radical (unpaired) electrons. The number of benzene rings is 2. The van der Waals surface area contributed by atoms with Gasteiger partial charge in [0.05, 0.1) is 22.8 Å². The molecule has 1 aliphatic carbocycles. The van der Waals surface area contributed by atoms with Crippen molar-refractivity contribution >= 4 is 33.2 Å². The summed E-state index contributed by atoms with van der Waals surface area (Å²) in [6, 6.07) is 6.48. The number of pyridine rings is 1. The topological polar surface area (TPSA) is 92.4 Å². The average Bonchev–Trinajstić information content (AvgIpc) is 3.92. The highest BCUT2D eigenvalue weighted by atomic mass is 19.1. The number of piperazine rings is 1. The minimum absolute atomic E-state index is 0.0123. The maximum Gasteiger partial charge on any atom is 0.319 e. The summed E-state index contributed by atoms with van der Waals surface area (Å²) in [4.78, 5) is 18.9. The Labute approximate surface area is 289 Å². The Morgan fingerprint density at radius 2 is 1.98 bits per heavy atom. The summed E-state index contributed by atoms with van der Waals surface area (Å²) in [5.41, 5.74) is 7.32. The summed E-state index contributed by atoms with van der Waals surface area (Å²) >= 11 is 0. The summed E-state index contributed by atoms with van der Waals surface area (Å²) in [6.45, 7) is 3.17. The molecule has 258 valence electrons. The Hall–Kier alpha value is -4.40. The van der Waals surface area contributed by atoms with Crippen LogP contribution in [0.5, 0.6) is 6.01 Å². The lowest BCUT2D eigenvalue weighted by atomic mass is 9.80. The van der Waals surface area contributed by atoms with Crippen LogP contribution in [0.4, 0.5) is 24.7 Å². The van der Waals surface area contributed by atoms with Crippen LogP contribution >= 0.6 is 0 Å². The molecule has 4 aliphatic heterocycles. The number of nitrogens with two attached hydrogens (primary N) is 1. The van der Waals surface area contributed by atoms with E-state index in [2.05, 4.69) is 26.0 Å². The van der Waals surface area contributed by atoms with Crippen LogP contribution in [0.25, 0.3) is 32.9 Å². The summed E-state index contributed by atoms with van der Waals surface area (Å²) in [5.74, 6) is 2.33. The molecule has 3 N–H and O–H groups in total.